The number of nitro benzene ring substituents is 1. The number of nitrogens with zero attached hydrogens (tertiary/aromatic N) is 1. The Morgan fingerprint density at radius 3 is 2.79 bits per heavy atom. The third-order valence-corrected chi connectivity index (χ3v) is 3.49. The molecule has 1 saturated carbocycles. The number of carbonyl (C=O) groups excluding carboxylic acids is 1. The molecule has 2 rings (SSSR count). The Labute approximate surface area is 110 Å². The maximum absolute atomic E-state index is 11.9. The number of carbonyl (C=O) groups is 1. The van der Waals surface area contributed by atoms with Crippen LogP contribution in [0.25, 0.3) is 0 Å². The number of aliphatic hydroxyl groups is 1. The van der Waals surface area contributed by atoms with Crippen molar-refractivity contribution in [2.75, 3.05) is 6.54 Å². The summed E-state index contributed by atoms with van der Waals surface area (Å²) in [4.78, 5) is 22.2. The fourth-order valence-corrected chi connectivity index (χ4v) is 2.40. The lowest BCUT2D eigenvalue weighted by Crippen LogP contribution is -2.32. The monoisotopic (exact) mass is 264 g/mol. The number of rotatable bonds is 4. The van der Waals surface area contributed by atoms with E-state index in [0.29, 0.717) is 6.54 Å². The molecule has 0 heterocycles. The summed E-state index contributed by atoms with van der Waals surface area (Å²) in [7, 11) is 0. The summed E-state index contributed by atoms with van der Waals surface area (Å²) in [6.07, 6.45) is 2.20. The van der Waals surface area contributed by atoms with E-state index in [-0.39, 0.29) is 23.3 Å². The molecular formula is C13H16N2O4. The molecule has 0 spiro atoms. The third-order valence-electron chi connectivity index (χ3n) is 3.49. The van der Waals surface area contributed by atoms with E-state index in [1.54, 1.807) is 6.07 Å². The Balaban J connectivity index is 2.02. The van der Waals surface area contributed by atoms with E-state index in [1.165, 1.54) is 18.2 Å². The number of benzene rings is 1. The number of para-hydroxylation sites is 1. The molecule has 0 radical (unpaired) electrons. The zero-order chi connectivity index (χ0) is 13.8. The summed E-state index contributed by atoms with van der Waals surface area (Å²) < 4.78 is 0. The van der Waals surface area contributed by atoms with Crippen LogP contribution in [0.1, 0.15) is 29.6 Å². The Kier molecular flexibility index (Phi) is 4.11. The predicted octanol–water partition coefficient (Wildman–Crippen LogP) is 1.49. The van der Waals surface area contributed by atoms with Crippen molar-refractivity contribution >= 4 is 11.6 Å². The first-order valence-electron chi connectivity index (χ1n) is 6.29. The summed E-state index contributed by atoms with van der Waals surface area (Å²) in [5.74, 6) is -0.418. The van der Waals surface area contributed by atoms with E-state index >= 15 is 0 Å². The van der Waals surface area contributed by atoms with Crippen LogP contribution in [0.4, 0.5) is 5.69 Å². The highest BCUT2D eigenvalue weighted by molar-refractivity contribution is 5.98. The van der Waals surface area contributed by atoms with E-state index in [1.807, 2.05) is 0 Å². The van der Waals surface area contributed by atoms with Crippen LogP contribution >= 0.6 is 0 Å². The Bertz CT molecular complexity index is 489. The summed E-state index contributed by atoms with van der Waals surface area (Å²) >= 11 is 0. The van der Waals surface area contributed by atoms with Gasteiger partial charge in [0, 0.05) is 18.5 Å². The van der Waals surface area contributed by atoms with Gasteiger partial charge < -0.3 is 10.4 Å². The van der Waals surface area contributed by atoms with Gasteiger partial charge in [0.2, 0.25) is 0 Å². The Morgan fingerprint density at radius 1 is 1.42 bits per heavy atom. The van der Waals surface area contributed by atoms with Crippen molar-refractivity contribution in [3.8, 4) is 0 Å². The second-order valence-corrected chi connectivity index (χ2v) is 4.74. The summed E-state index contributed by atoms with van der Waals surface area (Å²) in [5.41, 5.74) is -0.146. The lowest BCUT2D eigenvalue weighted by molar-refractivity contribution is -0.385. The molecule has 0 bridgehead atoms. The van der Waals surface area contributed by atoms with Gasteiger partial charge in [-0.1, -0.05) is 18.6 Å². The molecule has 1 aromatic carbocycles. The third kappa shape index (κ3) is 3.08. The first kappa shape index (κ1) is 13.5. The quantitative estimate of drug-likeness (QED) is 0.636. The smallest absolute Gasteiger partial charge is 0.282 e. The first-order chi connectivity index (χ1) is 9.09. The highest BCUT2D eigenvalue weighted by Gasteiger charge is 2.26. The lowest BCUT2D eigenvalue weighted by Gasteiger charge is -2.14. The number of hydrogen-bond acceptors (Lipinski definition) is 4. The van der Waals surface area contributed by atoms with Gasteiger partial charge in [0.1, 0.15) is 5.56 Å². The van der Waals surface area contributed by atoms with Gasteiger partial charge in [0.05, 0.1) is 11.0 Å². The van der Waals surface area contributed by atoms with Gasteiger partial charge >= 0.3 is 0 Å². The van der Waals surface area contributed by atoms with Gasteiger partial charge in [0.25, 0.3) is 11.6 Å². The van der Waals surface area contributed by atoms with Gasteiger partial charge in [-0.15, -0.1) is 0 Å². The van der Waals surface area contributed by atoms with Crippen LogP contribution < -0.4 is 5.32 Å². The number of nitrogens with one attached hydrogen (secondary N) is 1. The Morgan fingerprint density at radius 2 is 2.16 bits per heavy atom. The van der Waals surface area contributed by atoms with Crippen LogP contribution in [0.2, 0.25) is 0 Å². The van der Waals surface area contributed by atoms with Crippen LogP contribution in [-0.2, 0) is 0 Å². The van der Waals surface area contributed by atoms with E-state index in [9.17, 15) is 20.0 Å². The maximum Gasteiger partial charge on any atom is 0.282 e. The van der Waals surface area contributed by atoms with Crippen LogP contribution in [0.15, 0.2) is 24.3 Å². The molecule has 1 amide bonds. The molecule has 6 heteroatoms. The molecule has 0 saturated heterocycles. The minimum absolute atomic E-state index is 0.0479. The van der Waals surface area contributed by atoms with E-state index in [4.69, 9.17) is 0 Å². The molecule has 1 aliphatic rings. The van der Waals surface area contributed by atoms with Gasteiger partial charge in [-0.25, -0.2) is 0 Å². The number of nitro groups is 1. The molecule has 102 valence electrons. The van der Waals surface area contributed by atoms with Crippen LogP contribution in [0, 0.1) is 16.0 Å². The molecule has 0 aliphatic heterocycles. The predicted molar refractivity (Wildman–Crippen MR) is 68.8 cm³/mol. The van der Waals surface area contributed by atoms with Crippen LogP contribution in [-0.4, -0.2) is 28.6 Å². The van der Waals surface area contributed by atoms with Crippen molar-refractivity contribution < 1.29 is 14.8 Å². The molecule has 1 aromatic rings. The average Bonchev–Trinajstić information content (AvgIpc) is 2.81. The summed E-state index contributed by atoms with van der Waals surface area (Å²) in [6.45, 7) is 0.353. The van der Waals surface area contributed by atoms with Crippen molar-refractivity contribution in [1.29, 1.82) is 0 Å². The fourth-order valence-electron chi connectivity index (χ4n) is 2.40. The van der Waals surface area contributed by atoms with Crippen molar-refractivity contribution in [3.05, 3.63) is 39.9 Å². The molecule has 2 unspecified atom stereocenters. The van der Waals surface area contributed by atoms with Crippen molar-refractivity contribution in [2.24, 2.45) is 5.92 Å². The van der Waals surface area contributed by atoms with Crippen LogP contribution in [0.3, 0.4) is 0 Å². The van der Waals surface area contributed by atoms with E-state index < -0.39 is 10.8 Å². The number of hydrogen-bond donors (Lipinski definition) is 2. The van der Waals surface area contributed by atoms with Crippen molar-refractivity contribution in [1.82, 2.24) is 5.32 Å². The van der Waals surface area contributed by atoms with Gasteiger partial charge in [0.15, 0.2) is 0 Å². The summed E-state index contributed by atoms with van der Waals surface area (Å²) in [5, 5.41) is 23.1. The minimum atomic E-state index is -0.570. The Hall–Kier alpha value is -1.95. The molecule has 2 N–H and O–H groups in total. The largest absolute Gasteiger partial charge is 0.393 e. The number of amides is 1. The SMILES string of the molecule is O=C(NCC1CCCC1O)c1ccccc1[N+](=O)[O-]. The number of aliphatic hydroxyl groups excluding tert-OH is 1. The molecule has 1 fully saturated rings. The zero-order valence-electron chi connectivity index (χ0n) is 10.4. The van der Waals surface area contributed by atoms with Crippen molar-refractivity contribution in [2.45, 2.75) is 25.4 Å². The molecule has 6 nitrogen and oxygen atoms in total. The highest BCUT2D eigenvalue weighted by Crippen LogP contribution is 2.25. The van der Waals surface area contributed by atoms with E-state index in [0.717, 1.165) is 19.3 Å². The van der Waals surface area contributed by atoms with Gasteiger partial charge in [-0.2, -0.15) is 0 Å². The second kappa shape index (κ2) is 5.79. The first-order valence-corrected chi connectivity index (χ1v) is 6.29. The van der Waals surface area contributed by atoms with E-state index in [2.05, 4.69) is 5.32 Å². The minimum Gasteiger partial charge on any atom is -0.393 e. The lowest BCUT2D eigenvalue weighted by atomic mass is 10.1. The maximum atomic E-state index is 11.9. The van der Waals surface area contributed by atoms with Gasteiger partial charge in [-0.05, 0) is 18.9 Å². The molecule has 2 atom stereocenters. The molecule has 1 aliphatic carbocycles. The topological polar surface area (TPSA) is 92.5 Å². The molecular weight excluding hydrogens is 248 g/mol. The standard InChI is InChI=1S/C13H16N2O4/c16-12-7-3-4-9(12)8-14-13(17)10-5-1-2-6-11(10)15(18)19/h1-2,5-6,9,12,16H,3-4,7-8H2,(H,14,17). The fraction of sp³-hybridized carbons (Fsp3) is 0.462. The second-order valence-electron chi connectivity index (χ2n) is 4.74. The summed E-state index contributed by atoms with van der Waals surface area (Å²) in [6, 6.07) is 5.85. The average molecular weight is 264 g/mol. The van der Waals surface area contributed by atoms with Crippen molar-refractivity contribution in [3.63, 3.8) is 0 Å². The zero-order valence-corrected chi connectivity index (χ0v) is 10.4. The highest BCUT2D eigenvalue weighted by atomic mass is 16.6. The normalized spacial score (nSPS) is 22.2. The van der Waals surface area contributed by atoms with Gasteiger partial charge in [-0.3, -0.25) is 14.9 Å². The molecule has 0 aromatic heterocycles. The van der Waals surface area contributed by atoms with Crippen LogP contribution in [0.5, 0.6) is 0 Å². The molecule has 19 heavy (non-hydrogen) atoms.